The monoisotopic (exact) mass is 264 g/mol. The van der Waals surface area contributed by atoms with Crippen LogP contribution in [0.2, 0.25) is 0 Å². The first-order chi connectivity index (χ1) is 9.24. The van der Waals surface area contributed by atoms with Crippen molar-refractivity contribution >= 4 is 11.9 Å². The van der Waals surface area contributed by atoms with Gasteiger partial charge >= 0.3 is 0 Å². The fraction of sp³-hybridized carbons (Fsp3) is 0.857. The summed E-state index contributed by atoms with van der Waals surface area (Å²) >= 11 is 0. The Morgan fingerprint density at radius 1 is 1.26 bits per heavy atom. The number of nitrogens with two attached hydrogens (primary N) is 1. The lowest BCUT2D eigenvalue weighted by molar-refractivity contribution is -0.128. The Balaban J connectivity index is 1.49. The van der Waals surface area contributed by atoms with Crippen LogP contribution in [-0.4, -0.2) is 53.9 Å². The molecule has 1 saturated carbocycles. The lowest BCUT2D eigenvalue weighted by Gasteiger charge is -2.27. The number of hydrogen-bond acceptors (Lipinski definition) is 2. The summed E-state index contributed by atoms with van der Waals surface area (Å²) in [5, 5.41) is 0. The molecule has 1 unspecified atom stereocenters. The maximum Gasteiger partial charge on any atom is 0.223 e. The fourth-order valence-electron chi connectivity index (χ4n) is 3.12. The molecule has 3 rings (SSSR count). The minimum Gasteiger partial charge on any atom is -0.370 e. The SMILES string of the molecule is NC(=NCC1CC(=O)N(C2CC2)C1)N1CCCCC1. The molecule has 2 heterocycles. The number of carbonyl (C=O) groups is 1. The zero-order chi connectivity index (χ0) is 13.2. The average molecular weight is 264 g/mol. The zero-order valence-electron chi connectivity index (χ0n) is 11.6. The molecule has 5 heteroatoms. The minimum absolute atomic E-state index is 0.319. The van der Waals surface area contributed by atoms with Crippen molar-refractivity contribution in [1.29, 1.82) is 0 Å². The van der Waals surface area contributed by atoms with Gasteiger partial charge in [0.2, 0.25) is 5.91 Å². The molecular formula is C14H24N4O. The molecular weight excluding hydrogens is 240 g/mol. The van der Waals surface area contributed by atoms with E-state index in [0.29, 0.717) is 36.8 Å². The van der Waals surface area contributed by atoms with E-state index in [4.69, 9.17) is 5.73 Å². The van der Waals surface area contributed by atoms with Crippen molar-refractivity contribution in [2.75, 3.05) is 26.2 Å². The molecule has 0 bridgehead atoms. The Morgan fingerprint density at radius 2 is 2.00 bits per heavy atom. The summed E-state index contributed by atoms with van der Waals surface area (Å²) < 4.78 is 0. The van der Waals surface area contributed by atoms with Crippen molar-refractivity contribution in [3.05, 3.63) is 0 Å². The molecule has 2 saturated heterocycles. The topological polar surface area (TPSA) is 61.9 Å². The molecule has 106 valence electrons. The van der Waals surface area contributed by atoms with Gasteiger partial charge in [-0.1, -0.05) is 0 Å². The highest BCUT2D eigenvalue weighted by atomic mass is 16.2. The van der Waals surface area contributed by atoms with Gasteiger partial charge in [0.1, 0.15) is 0 Å². The van der Waals surface area contributed by atoms with Crippen molar-refractivity contribution in [3.63, 3.8) is 0 Å². The summed E-state index contributed by atoms with van der Waals surface area (Å²) in [7, 11) is 0. The number of aliphatic imine (C=N–C) groups is 1. The molecule has 0 aromatic carbocycles. The smallest absolute Gasteiger partial charge is 0.223 e. The molecule has 2 N–H and O–H groups in total. The first-order valence-corrected chi connectivity index (χ1v) is 7.58. The van der Waals surface area contributed by atoms with E-state index in [1.165, 1.54) is 32.1 Å². The van der Waals surface area contributed by atoms with Crippen molar-refractivity contribution in [1.82, 2.24) is 9.80 Å². The molecule has 0 radical (unpaired) electrons. The number of guanidine groups is 1. The van der Waals surface area contributed by atoms with Gasteiger partial charge in [-0.15, -0.1) is 0 Å². The van der Waals surface area contributed by atoms with Crippen LogP contribution in [0.4, 0.5) is 0 Å². The highest BCUT2D eigenvalue weighted by molar-refractivity contribution is 5.80. The van der Waals surface area contributed by atoms with E-state index in [9.17, 15) is 4.79 Å². The van der Waals surface area contributed by atoms with E-state index in [1.54, 1.807) is 0 Å². The van der Waals surface area contributed by atoms with E-state index >= 15 is 0 Å². The quantitative estimate of drug-likeness (QED) is 0.606. The summed E-state index contributed by atoms with van der Waals surface area (Å²) in [5.74, 6) is 1.37. The normalized spacial score (nSPS) is 29.2. The van der Waals surface area contributed by atoms with Crippen molar-refractivity contribution in [3.8, 4) is 0 Å². The molecule has 19 heavy (non-hydrogen) atoms. The van der Waals surface area contributed by atoms with Crippen molar-refractivity contribution < 1.29 is 4.79 Å². The molecule has 3 fully saturated rings. The summed E-state index contributed by atoms with van der Waals surface area (Å²) in [6.45, 7) is 3.66. The predicted octanol–water partition coefficient (Wildman–Crippen LogP) is 0.798. The highest BCUT2D eigenvalue weighted by Gasteiger charge is 2.39. The Bertz CT molecular complexity index is 372. The van der Waals surface area contributed by atoms with Gasteiger partial charge in [-0.3, -0.25) is 9.79 Å². The number of piperidine rings is 1. The van der Waals surface area contributed by atoms with Gasteiger partial charge in [0.25, 0.3) is 0 Å². The minimum atomic E-state index is 0.319. The molecule has 0 aromatic rings. The number of carbonyl (C=O) groups excluding carboxylic acids is 1. The maximum atomic E-state index is 11.8. The first-order valence-electron chi connectivity index (χ1n) is 7.58. The maximum absolute atomic E-state index is 11.8. The second-order valence-corrected chi connectivity index (χ2v) is 6.09. The largest absolute Gasteiger partial charge is 0.370 e. The standard InChI is InChI=1S/C14H24N4O/c15-14(17-6-2-1-3-7-17)16-9-11-8-13(19)18(10-11)12-4-5-12/h11-12H,1-10H2,(H2,15,16). The van der Waals surface area contributed by atoms with Crippen molar-refractivity contribution in [2.24, 2.45) is 16.6 Å². The van der Waals surface area contributed by atoms with Crippen LogP contribution < -0.4 is 5.73 Å². The van der Waals surface area contributed by atoms with E-state index in [1.807, 2.05) is 0 Å². The fourth-order valence-corrected chi connectivity index (χ4v) is 3.12. The van der Waals surface area contributed by atoms with Crippen LogP contribution in [0, 0.1) is 5.92 Å². The predicted molar refractivity (Wildman–Crippen MR) is 74.8 cm³/mol. The van der Waals surface area contributed by atoms with Crippen LogP contribution in [-0.2, 0) is 4.79 Å². The molecule has 1 aliphatic carbocycles. The Kier molecular flexibility index (Phi) is 3.62. The summed E-state index contributed by atoms with van der Waals surface area (Å²) in [5.41, 5.74) is 6.05. The number of hydrogen-bond donors (Lipinski definition) is 1. The van der Waals surface area contributed by atoms with Gasteiger partial charge in [-0.2, -0.15) is 0 Å². The number of nitrogens with zero attached hydrogens (tertiary/aromatic N) is 3. The van der Waals surface area contributed by atoms with Crippen LogP contribution >= 0.6 is 0 Å². The Morgan fingerprint density at radius 3 is 2.68 bits per heavy atom. The summed E-state index contributed by atoms with van der Waals surface area (Å²) in [6, 6.07) is 0.543. The van der Waals surface area contributed by atoms with Gasteiger partial charge < -0.3 is 15.5 Å². The van der Waals surface area contributed by atoms with Crippen LogP contribution in [0.5, 0.6) is 0 Å². The van der Waals surface area contributed by atoms with Crippen LogP contribution in [0.25, 0.3) is 0 Å². The number of rotatable bonds is 3. The van der Waals surface area contributed by atoms with Gasteiger partial charge in [0.15, 0.2) is 5.96 Å². The van der Waals surface area contributed by atoms with E-state index in [2.05, 4.69) is 14.8 Å². The summed E-state index contributed by atoms with van der Waals surface area (Å²) in [4.78, 5) is 20.6. The summed E-state index contributed by atoms with van der Waals surface area (Å²) in [6.07, 6.45) is 6.78. The first kappa shape index (κ1) is 12.8. The third-order valence-electron chi connectivity index (χ3n) is 4.42. The van der Waals surface area contributed by atoms with E-state index in [-0.39, 0.29) is 0 Å². The van der Waals surface area contributed by atoms with E-state index < -0.39 is 0 Å². The molecule has 1 amide bonds. The second kappa shape index (κ2) is 5.39. The van der Waals surface area contributed by atoms with Gasteiger partial charge in [0.05, 0.1) is 0 Å². The lowest BCUT2D eigenvalue weighted by Crippen LogP contribution is -2.41. The molecule has 0 spiro atoms. The third-order valence-corrected chi connectivity index (χ3v) is 4.42. The second-order valence-electron chi connectivity index (χ2n) is 6.09. The van der Waals surface area contributed by atoms with Crippen LogP contribution in [0.15, 0.2) is 4.99 Å². The van der Waals surface area contributed by atoms with Gasteiger partial charge in [-0.05, 0) is 32.1 Å². The van der Waals surface area contributed by atoms with Gasteiger partial charge in [0, 0.05) is 44.6 Å². The van der Waals surface area contributed by atoms with Crippen molar-refractivity contribution in [2.45, 2.75) is 44.6 Å². The molecule has 0 aromatic heterocycles. The average Bonchev–Trinajstić information content (AvgIpc) is 3.21. The van der Waals surface area contributed by atoms with Crippen LogP contribution in [0.3, 0.4) is 0 Å². The highest BCUT2D eigenvalue weighted by Crippen LogP contribution is 2.32. The zero-order valence-corrected chi connectivity index (χ0v) is 11.6. The number of amides is 1. The number of likely N-dealkylation sites (tertiary alicyclic amines) is 2. The molecule has 3 aliphatic rings. The van der Waals surface area contributed by atoms with Crippen LogP contribution in [0.1, 0.15) is 38.5 Å². The Labute approximate surface area is 114 Å². The van der Waals surface area contributed by atoms with Gasteiger partial charge in [-0.25, -0.2) is 0 Å². The molecule has 2 aliphatic heterocycles. The molecule has 5 nitrogen and oxygen atoms in total. The Hall–Kier alpha value is -1.26. The molecule has 1 atom stereocenters. The lowest BCUT2D eigenvalue weighted by atomic mass is 10.1. The third kappa shape index (κ3) is 3.01. The van der Waals surface area contributed by atoms with E-state index in [0.717, 1.165) is 19.6 Å².